The van der Waals surface area contributed by atoms with Gasteiger partial charge in [0.1, 0.15) is 21.2 Å². The van der Waals surface area contributed by atoms with Crippen molar-refractivity contribution < 1.29 is 38.5 Å². The molecule has 0 unspecified atom stereocenters. The molecule has 2 aromatic heterocycles. The molecule has 0 radical (unpaired) electrons. The Morgan fingerprint density at radius 3 is 1.43 bits per heavy atom. The van der Waals surface area contributed by atoms with Gasteiger partial charge >= 0.3 is 24.1 Å². The summed E-state index contributed by atoms with van der Waals surface area (Å²) in [5, 5.41) is 15.1. The first-order chi connectivity index (χ1) is 21.6. The average Bonchev–Trinajstić information content (AvgIpc) is 3.57. The lowest BCUT2D eigenvalue weighted by Crippen LogP contribution is -2.27. The Kier molecular flexibility index (Phi) is 12.1. The van der Waals surface area contributed by atoms with Crippen LogP contribution in [-0.2, 0) is 14.2 Å². The molecule has 2 amide bonds. The molecule has 2 heterocycles. The zero-order chi connectivity index (χ0) is 34.1. The van der Waals surface area contributed by atoms with Gasteiger partial charge in [0.15, 0.2) is 0 Å². The Labute approximate surface area is 276 Å². The Morgan fingerprint density at radius 2 is 1.07 bits per heavy atom. The number of carbonyl (C=O) groups excluding carboxylic acids is 3. The fourth-order valence-electron chi connectivity index (χ4n) is 3.77. The first-order valence-corrected chi connectivity index (χ1v) is 16.0. The molecular weight excluding hydrogens is 629 g/mol. The van der Waals surface area contributed by atoms with Gasteiger partial charge in [-0.25, -0.2) is 19.2 Å². The highest BCUT2D eigenvalue weighted by Crippen LogP contribution is 2.37. The fraction of sp³-hybridized carbons (Fsp3) is 0.294. The molecule has 244 valence electrons. The number of rotatable bonds is 7. The van der Waals surface area contributed by atoms with Crippen molar-refractivity contribution in [1.29, 1.82) is 0 Å². The van der Waals surface area contributed by atoms with E-state index in [1.807, 2.05) is 60.7 Å². The Hall–Kier alpha value is -4.68. The summed E-state index contributed by atoms with van der Waals surface area (Å²) in [5.74, 6) is -1.56. The summed E-state index contributed by atoms with van der Waals surface area (Å²) in [7, 11) is 0. The SMILES string of the molecule is CC(C)(C)OC(=O)Nc1sc(-c2ccccc2)cc1C(=O)O.CCOC(=O)c1cc(-c2ccccc2)sc1NC(=O)OC(C)(C)C. The van der Waals surface area contributed by atoms with Gasteiger partial charge in [0, 0.05) is 9.75 Å². The van der Waals surface area contributed by atoms with Gasteiger partial charge in [-0.2, -0.15) is 0 Å². The van der Waals surface area contributed by atoms with Crippen LogP contribution in [-0.4, -0.2) is 47.0 Å². The van der Waals surface area contributed by atoms with Gasteiger partial charge in [0.25, 0.3) is 0 Å². The lowest BCUT2D eigenvalue weighted by Gasteiger charge is -2.19. The predicted octanol–water partition coefficient (Wildman–Crippen LogP) is 9.40. The normalized spacial score (nSPS) is 11.0. The molecule has 10 nitrogen and oxygen atoms in total. The highest BCUT2D eigenvalue weighted by Gasteiger charge is 2.23. The molecule has 0 aliphatic carbocycles. The molecular formula is C34H38N2O8S2. The smallest absolute Gasteiger partial charge is 0.412 e. The van der Waals surface area contributed by atoms with Gasteiger partial charge < -0.3 is 19.3 Å². The van der Waals surface area contributed by atoms with E-state index in [-0.39, 0.29) is 17.2 Å². The molecule has 3 N–H and O–H groups in total. The summed E-state index contributed by atoms with van der Waals surface area (Å²) in [6.45, 7) is 12.6. The number of amides is 2. The highest BCUT2D eigenvalue weighted by molar-refractivity contribution is 7.20. The number of anilines is 2. The number of hydrogen-bond donors (Lipinski definition) is 3. The Bertz CT molecular complexity index is 1650. The van der Waals surface area contributed by atoms with Crippen LogP contribution in [0.5, 0.6) is 0 Å². The number of esters is 1. The van der Waals surface area contributed by atoms with Gasteiger partial charge in [-0.15, -0.1) is 22.7 Å². The molecule has 0 saturated heterocycles. The molecule has 0 aliphatic rings. The van der Waals surface area contributed by atoms with Crippen LogP contribution < -0.4 is 10.6 Å². The molecule has 0 atom stereocenters. The zero-order valence-corrected chi connectivity index (χ0v) is 28.4. The maximum absolute atomic E-state index is 12.2. The number of benzene rings is 2. The van der Waals surface area contributed by atoms with E-state index in [1.54, 1.807) is 60.6 Å². The first kappa shape index (κ1) is 35.8. The fourth-order valence-corrected chi connectivity index (χ4v) is 5.85. The molecule has 4 aromatic rings. The summed E-state index contributed by atoms with van der Waals surface area (Å²) in [6, 6.07) is 22.3. The van der Waals surface area contributed by atoms with E-state index < -0.39 is 35.3 Å². The third-order valence-electron chi connectivity index (χ3n) is 5.54. The van der Waals surface area contributed by atoms with Crippen LogP contribution in [0.25, 0.3) is 20.9 Å². The maximum Gasteiger partial charge on any atom is 0.412 e. The molecule has 0 saturated carbocycles. The number of carboxylic acid groups (broad SMARTS) is 1. The Morgan fingerprint density at radius 1 is 0.674 bits per heavy atom. The minimum atomic E-state index is -1.09. The second kappa shape index (κ2) is 15.5. The Balaban J connectivity index is 0.000000251. The minimum Gasteiger partial charge on any atom is -0.478 e. The second-order valence-corrected chi connectivity index (χ2v) is 13.8. The predicted molar refractivity (Wildman–Crippen MR) is 182 cm³/mol. The average molecular weight is 667 g/mol. The third kappa shape index (κ3) is 11.0. The van der Waals surface area contributed by atoms with Crippen LogP contribution in [0.3, 0.4) is 0 Å². The quantitative estimate of drug-likeness (QED) is 0.131. The van der Waals surface area contributed by atoms with E-state index in [9.17, 15) is 24.3 Å². The van der Waals surface area contributed by atoms with Crippen molar-refractivity contribution in [3.63, 3.8) is 0 Å². The van der Waals surface area contributed by atoms with E-state index in [1.165, 1.54) is 22.7 Å². The number of carbonyl (C=O) groups is 4. The molecule has 0 fully saturated rings. The van der Waals surface area contributed by atoms with Crippen LogP contribution in [0.2, 0.25) is 0 Å². The monoisotopic (exact) mass is 666 g/mol. The molecule has 4 rings (SSSR count). The summed E-state index contributed by atoms with van der Waals surface area (Å²) >= 11 is 2.51. The van der Waals surface area contributed by atoms with Crippen LogP contribution in [0.1, 0.15) is 69.2 Å². The van der Waals surface area contributed by atoms with Crippen LogP contribution in [0.4, 0.5) is 19.6 Å². The van der Waals surface area contributed by atoms with E-state index >= 15 is 0 Å². The van der Waals surface area contributed by atoms with E-state index in [2.05, 4.69) is 10.6 Å². The summed E-state index contributed by atoms with van der Waals surface area (Å²) in [4.78, 5) is 49.0. The van der Waals surface area contributed by atoms with Crippen molar-refractivity contribution in [1.82, 2.24) is 0 Å². The van der Waals surface area contributed by atoms with Gasteiger partial charge in [-0.05, 0) is 71.7 Å². The van der Waals surface area contributed by atoms with Crippen LogP contribution >= 0.6 is 22.7 Å². The van der Waals surface area contributed by atoms with E-state index in [0.29, 0.717) is 10.6 Å². The van der Waals surface area contributed by atoms with Gasteiger partial charge in [0.05, 0.1) is 17.7 Å². The molecule has 2 aromatic carbocycles. The number of nitrogens with one attached hydrogen (secondary N) is 2. The third-order valence-corrected chi connectivity index (χ3v) is 7.73. The summed E-state index contributed by atoms with van der Waals surface area (Å²) in [5.41, 5.74) is 0.972. The number of ether oxygens (including phenoxy) is 3. The standard InChI is InChI=1S/C18H21NO4S.C16H17NO4S/c1-5-22-16(20)13-11-14(12-9-7-6-8-10-12)24-15(13)19-17(21)23-18(2,3)4;1-16(2,3)21-15(20)17-13-11(14(18)19)9-12(22-13)10-7-5-4-6-8-10/h6-11H,5H2,1-4H3,(H,19,21);4-9H,1-3H3,(H,17,20)(H,18,19). The number of hydrogen-bond acceptors (Lipinski definition) is 9. The van der Waals surface area contributed by atoms with Crippen molar-refractivity contribution in [2.75, 3.05) is 17.2 Å². The van der Waals surface area contributed by atoms with Crippen LogP contribution in [0.15, 0.2) is 72.8 Å². The molecule has 0 aliphatic heterocycles. The van der Waals surface area contributed by atoms with Gasteiger partial charge in [-0.3, -0.25) is 10.6 Å². The molecule has 12 heteroatoms. The summed E-state index contributed by atoms with van der Waals surface area (Å²) in [6.07, 6.45) is -1.27. The second-order valence-electron chi connectivity index (χ2n) is 11.7. The van der Waals surface area contributed by atoms with Gasteiger partial charge in [0.2, 0.25) is 0 Å². The highest BCUT2D eigenvalue weighted by atomic mass is 32.1. The lowest BCUT2D eigenvalue weighted by molar-refractivity contribution is 0.0526. The van der Waals surface area contributed by atoms with Crippen molar-refractivity contribution in [2.24, 2.45) is 0 Å². The topological polar surface area (TPSA) is 140 Å². The zero-order valence-electron chi connectivity index (χ0n) is 26.8. The molecule has 0 spiro atoms. The molecule has 0 bridgehead atoms. The van der Waals surface area contributed by atoms with E-state index in [0.717, 1.165) is 20.9 Å². The lowest BCUT2D eigenvalue weighted by atomic mass is 10.1. The number of aromatic carboxylic acids is 1. The minimum absolute atomic E-state index is 0.0507. The molecule has 46 heavy (non-hydrogen) atoms. The maximum atomic E-state index is 12.2. The largest absolute Gasteiger partial charge is 0.478 e. The van der Waals surface area contributed by atoms with Crippen molar-refractivity contribution >= 4 is 56.8 Å². The van der Waals surface area contributed by atoms with Crippen molar-refractivity contribution in [2.45, 2.75) is 59.7 Å². The summed E-state index contributed by atoms with van der Waals surface area (Å²) < 4.78 is 15.5. The number of carboxylic acids is 1. The van der Waals surface area contributed by atoms with Crippen molar-refractivity contribution in [3.05, 3.63) is 83.9 Å². The van der Waals surface area contributed by atoms with Crippen molar-refractivity contribution in [3.8, 4) is 20.9 Å². The van der Waals surface area contributed by atoms with Gasteiger partial charge in [-0.1, -0.05) is 60.7 Å². The number of thiophene rings is 2. The van der Waals surface area contributed by atoms with Crippen LogP contribution in [0, 0.1) is 0 Å². The van der Waals surface area contributed by atoms with E-state index in [4.69, 9.17) is 14.2 Å². The first-order valence-electron chi connectivity index (χ1n) is 14.3.